The number of pyridine rings is 1. The summed E-state index contributed by atoms with van der Waals surface area (Å²) < 4.78 is 104. The zero-order valence-electron chi connectivity index (χ0n) is 22.4. The number of rotatable bonds is 5. The number of anilines is 1. The van der Waals surface area contributed by atoms with Crippen molar-refractivity contribution in [1.82, 2.24) is 15.2 Å². The van der Waals surface area contributed by atoms with Gasteiger partial charge >= 0.3 is 6.18 Å². The molecule has 0 atom stereocenters. The van der Waals surface area contributed by atoms with Gasteiger partial charge in [0.15, 0.2) is 0 Å². The van der Waals surface area contributed by atoms with E-state index in [1.54, 1.807) is 0 Å². The van der Waals surface area contributed by atoms with Gasteiger partial charge in [0.1, 0.15) is 22.7 Å². The predicted molar refractivity (Wildman–Crippen MR) is 137 cm³/mol. The Hall–Kier alpha value is -4.80. The standard InChI is InChI=1S/C29H20F7N5O2/c1-27(2,14-37)26-40-39-25(43-26)18-10-22-19(11-20(18)30)28(32,33)8-7-23(42)41(22)13-15-3-5-16(6-4-15)24-21(31)9-17(12-38-24)29(34,35)36/h3-6,9-12H,7-8,13H2,1-2H3. The lowest BCUT2D eigenvalue weighted by atomic mass is 9.96. The van der Waals surface area contributed by atoms with Crippen LogP contribution in [0.1, 0.15) is 49.3 Å². The van der Waals surface area contributed by atoms with Crippen LogP contribution in [-0.4, -0.2) is 21.1 Å². The van der Waals surface area contributed by atoms with E-state index in [0.717, 1.165) is 11.0 Å². The fourth-order valence-corrected chi connectivity index (χ4v) is 4.47. The summed E-state index contributed by atoms with van der Waals surface area (Å²) in [6.45, 7) is 2.73. The molecule has 0 aliphatic carbocycles. The SMILES string of the molecule is CC(C)(C#N)c1nnc(-c2cc3c(cc2F)C(F)(F)CCC(=O)N3Cc2ccc(-c3ncc(C(F)(F)F)cc3F)cc2)o1. The second-order valence-corrected chi connectivity index (χ2v) is 10.4. The largest absolute Gasteiger partial charge is 0.419 e. The number of nitriles is 1. The average Bonchev–Trinajstić information content (AvgIpc) is 3.43. The molecule has 4 aromatic rings. The third-order valence-electron chi connectivity index (χ3n) is 6.93. The Labute approximate surface area is 239 Å². The quantitative estimate of drug-likeness (QED) is 0.222. The van der Waals surface area contributed by atoms with Crippen molar-refractivity contribution in [1.29, 1.82) is 5.26 Å². The molecule has 1 aliphatic rings. The minimum Gasteiger partial charge on any atom is -0.419 e. The van der Waals surface area contributed by atoms with E-state index in [1.165, 1.54) is 38.1 Å². The minimum atomic E-state index is -4.77. The first-order valence-corrected chi connectivity index (χ1v) is 12.7. The van der Waals surface area contributed by atoms with Crippen molar-refractivity contribution < 1.29 is 39.9 Å². The average molecular weight is 603 g/mol. The molecule has 5 rings (SSSR count). The zero-order valence-corrected chi connectivity index (χ0v) is 22.4. The molecule has 0 unspecified atom stereocenters. The summed E-state index contributed by atoms with van der Waals surface area (Å²) in [4.78, 5) is 17.7. The summed E-state index contributed by atoms with van der Waals surface area (Å²) in [5.41, 5.74) is -3.67. The summed E-state index contributed by atoms with van der Waals surface area (Å²) in [5, 5.41) is 16.9. The maximum absolute atomic E-state index is 15.2. The fourth-order valence-electron chi connectivity index (χ4n) is 4.47. The Morgan fingerprint density at radius 2 is 1.74 bits per heavy atom. The Bertz CT molecular complexity index is 1760. The number of hydrogen-bond acceptors (Lipinski definition) is 6. The van der Waals surface area contributed by atoms with Crippen LogP contribution in [0.15, 0.2) is 53.1 Å². The highest BCUT2D eigenvalue weighted by Crippen LogP contribution is 2.45. The second-order valence-electron chi connectivity index (χ2n) is 10.4. The number of nitrogens with zero attached hydrogens (tertiary/aromatic N) is 5. The van der Waals surface area contributed by atoms with Crippen LogP contribution in [0.2, 0.25) is 0 Å². The summed E-state index contributed by atoms with van der Waals surface area (Å²) in [5.74, 6) is -7.05. The van der Waals surface area contributed by atoms with Gasteiger partial charge in [0.25, 0.3) is 11.8 Å². The normalized spacial score (nSPS) is 15.2. The van der Waals surface area contributed by atoms with Crippen molar-refractivity contribution in [2.24, 2.45) is 0 Å². The van der Waals surface area contributed by atoms with Crippen LogP contribution in [0, 0.1) is 23.0 Å². The molecule has 3 heterocycles. The molecular formula is C29H20F7N5O2. The summed E-state index contributed by atoms with van der Waals surface area (Å²) in [6, 6.07) is 9.49. The molecule has 7 nitrogen and oxygen atoms in total. The molecule has 0 saturated carbocycles. The van der Waals surface area contributed by atoms with Gasteiger partial charge in [-0.05, 0) is 37.6 Å². The molecular weight excluding hydrogens is 583 g/mol. The predicted octanol–water partition coefficient (Wildman–Crippen LogP) is 7.32. The molecule has 0 bridgehead atoms. The molecule has 1 aliphatic heterocycles. The van der Waals surface area contributed by atoms with Crippen LogP contribution in [0.25, 0.3) is 22.7 Å². The molecule has 0 N–H and O–H groups in total. The van der Waals surface area contributed by atoms with Gasteiger partial charge in [0.2, 0.25) is 11.8 Å². The molecule has 1 amide bonds. The third-order valence-corrected chi connectivity index (χ3v) is 6.93. The smallest absolute Gasteiger partial charge is 0.417 e. The topological polar surface area (TPSA) is 95.9 Å². The fraction of sp³-hybridized carbons (Fsp3) is 0.276. The number of hydrogen-bond donors (Lipinski definition) is 0. The Morgan fingerprint density at radius 1 is 1.05 bits per heavy atom. The lowest BCUT2D eigenvalue weighted by Gasteiger charge is -2.25. The van der Waals surface area contributed by atoms with Crippen LogP contribution >= 0.6 is 0 Å². The monoisotopic (exact) mass is 603 g/mol. The number of carbonyl (C=O) groups excluding carboxylic acids is 1. The van der Waals surface area contributed by atoms with E-state index >= 15 is 13.2 Å². The van der Waals surface area contributed by atoms with Gasteiger partial charge in [-0.3, -0.25) is 9.78 Å². The van der Waals surface area contributed by atoms with Crippen molar-refractivity contribution in [2.75, 3.05) is 4.90 Å². The van der Waals surface area contributed by atoms with Crippen LogP contribution in [0.3, 0.4) is 0 Å². The third kappa shape index (κ3) is 5.67. The lowest BCUT2D eigenvalue weighted by Crippen LogP contribution is -2.29. The van der Waals surface area contributed by atoms with Gasteiger partial charge in [-0.25, -0.2) is 17.6 Å². The summed E-state index contributed by atoms with van der Waals surface area (Å²) in [6.07, 6.45) is -5.69. The Balaban J connectivity index is 1.51. The zero-order chi connectivity index (χ0) is 31.3. The minimum absolute atomic E-state index is 0.128. The molecule has 2 aromatic heterocycles. The van der Waals surface area contributed by atoms with E-state index in [1.807, 2.05) is 6.07 Å². The van der Waals surface area contributed by atoms with Crippen LogP contribution < -0.4 is 4.90 Å². The number of aromatic nitrogens is 3. The number of alkyl halides is 5. The number of fused-ring (bicyclic) bond motifs is 1. The Kier molecular flexibility index (Phi) is 7.24. The summed E-state index contributed by atoms with van der Waals surface area (Å²) >= 11 is 0. The highest BCUT2D eigenvalue weighted by Gasteiger charge is 2.42. The first-order chi connectivity index (χ1) is 20.1. The molecule has 14 heteroatoms. The van der Waals surface area contributed by atoms with Gasteiger partial charge in [0, 0.05) is 30.2 Å². The Morgan fingerprint density at radius 3 is 2.37 bits per heavy atom. The first-order valence-electron chi connectivity index (χ1n) is 12.7. The van der Waals surface area contributed by atoms with E-state index in [-0.39, 0.29) is 40.8 Å². The number of halogens is 7. The van der Waals surface area contributed by atoms with Crippen LogP contribution in [0.4, 0.5) is 36.4 Å². The van der Waals surface area contributed by atoms with Gasteiger partial charge in [-0.2, -0.15) is 18.4 Å². The van der Waals surface area contributed by atoms with Crippen LogP contribution in [0.5, 0.6) is 0 Å². The van der Waals surface area contributed by atoms with Crippen molar-refractivity contribution in [3.63, 3.8) is 0 Å². The van der Waals surface area contributed by atoms with Crippen molar-refractivity contribution >= 4 is 11.6 Å². The lowest BCUT2D eigenvalue weighted by molar-refractivity contribution is -0.138. The molecule has 0 saturated heterocycles. The molecule has 0 fully saturated rings. The van der Waals surface area contributed by atoms with E-state index in [4.69, 9.17) is 4.42 Å². The number of carbonyl (C=O) groups is 1. The van der Waals surface area contributed by atoms with Crippen molar-refractivity contribution in [3.05, 3.63) is 82.9 Å². The van der Waals surface area contributed by atoms with Gasteiger partial charge in [-0.15, -0.1) is 10.2 Å². The second kappa shape index (κ2) is 10.5. The van der Waals surface area contributed by atoms with Gasteiger partial charge in [-0.1, -0.05) is 24.3 Å². The maximum atomic E-state index is 15.2. The highest BCUT2D eigenvalue weighted by molar-refractivity contribution is 5.96. The molecule has 0 radical (unpaired) electrons. The van der Waals surface area contributed by atoms with E-state index in [0.29, 0.717) is 23.9 Å². The van der Waals surface area contributed by atoms with Crippen molar-refractivity contribution in [2.45, 2.75) is 50.7 Å². The van der Waals surface area contributed by atoms with E-state index in [9.17, 15) is 27.6 Å². The molecule has 43 heavy (non-hydrogen) atoms. The maximum Gasteiger partial charge on any atom is 0.417 e. The van der Waals surface area contributed by atoms with Gasteiger partial charge in [0.05, 0.1) is 29.4 Å². The van der Waals surface area contributed by atoms with Gasteiger partial charge < -0.3 is 9.32 Å². The first kappa shape index (κ1) is 29.7. The van der Waals surface area contributed by atoms with E-state index < -0.39 is 59.0 Å². The van der Waals surface area contributed by atoms with Crippen LogP contribution in [-0.2, 0) is 28.9 Å². The van der Waals surface area contributed by atoms with E-state index in [2.05, 4.69) is 15.2 Å². The number of amides is 1. The molecule has 222 valence electrons. The number of benzene rings is 2. The summed E-state index contributed by atoms with van der Waals surface area (Å²) in [7, 11) is 0. The highest BCUT2D eigenvalue weighted by atomic mass is 19.4. The molecule has 0 spiro atoms. The molecule has 2 aromatic carbocycles. The van der Waals surface area contributed by atoms with Crippen molar-refractivity contribution in [3.8, 4) is 28.8 Å².